The molecule has 1 aliphatic carbocycles. The van der Waals surface area contributed by atoms with Crippen LogP contribution in [-0.4, -0.2) is 29.5 Å². The van der Waals surface area contributed by atoms with Crippen LogP contribution in [0.25, 0.3) is 0 Å². The molecule has 2 atom stereocenters. The molecule has 1 heterocycles. The van der Waals surface area contributed by atoms with Crippen molar-refractivity contribution in [3.8, 4) is 0 Å². The smallest absolute Gasteiger partial charge is 0.107 e. The zero-order valence-corrected chi connectivity index (χ0v) is 10.0. The molecule has 1 aliphatic rings. The van der Waals surface area contributed by atoms with E-state index in [9.17, 15) is 0 Å². The summed E-state index contributed by atoms with van der Waals surface area (Å²) in [5.74, 6) is 0.690. The summed E-state index contributed by atoms with van der Waals surface area (Å²) in [5.41, 5.74) is 5.80. The number of thiazole rings is 1. The Morgan fingerprint density at radius 3 is 3.13 bits per heavy atom. The molecule has 1 aromatic heterocycles. The minimum absolute atomic E-state index is 0.666. The highest BCUT2D eigenvalue weighted by molar-refractivity contribution is 7.09. The van der Waals surface area contributed by atoms with Gasteiger partial charge in [0.15, 0.2) is 0 Å². The van der Waals surface area contributed by atoms with E-state index in [2.05, 4.69) is 16.9 Å². The van der Waals surface area contributed by atoms with E-state index >= 15 is 0 Å². The Morgan fingerprint density at radius 2 is 2.47 bits per heavy atom. The van der Waals surface area contributed by atoms with Gasteiger partial charge >= 0.3 is 0 Å². The normalized spacial score (nSPS) is 26.3. The van der Waals surface area contributed by atoms with Crippen molar-refractivity contribution >= 4 is 11.3 Å². The van der Waals surface area contributed by atoms with Crippen LogP contribution < -0.4 is 5.73 Å². The van der Waals surface area contributed by atoms with Gasteiger partial charge in [0.1, 0.15) is 5.01 Å². The molecule has 2 N–H and O–H groups in total. The second-order valence-electron chi connectivity index (χ2n) is 4.33. The summed E-state index contributed by atoms with van der Waals surface area (Å²) in [6.45, 7) is 1.80. The van der Waals surface area contributed by atoms with Crippen molar-refractivity contribution < 1.29 is 0 Å². The maximum atomic E-state index is 5.80. The molecule has 84 valence electrons. The predicted octanol–water partition coefficient (Wildman–Crippen LogP) is 1.70. The lowest BCUT2D eigenvalue weighted by Gasteiger charge is -2.28. The van der Waals surface area contributed by atoms with Crippen molar-refractivity contribution in [3.63, 3.8) is 0 Å². The number of hydrogen-bond donors (Lipinski definition) is 1. The van der Waals surface area contributed by atoms with E-state index in [1.165, 1.54) is 24.3 Å². The fraction of sp³-hybridized carbons (Fsp3) is 0.727. The third-order valence-electron chi connectivity index (χ3n) is 3.36. The number of aromatic nitrogens is 1. The second kappa shape index (κ2) is 5.05. The highest BCUT2D eigenvalue weighted by Crippen LogP contribution is 2.29. The minimum Gasteiger partial charge on any atom is -0.330 e. The number of rotatable bonds is 4. The number of hydrogen-bond acceptors (Lipinski definition) is 4. The Morgan fingerprint density at radius 1 is 1.60 bits per heavy atom. The third-order valence-corrected chi connectivity index (χ3v) is 4.12. The fourth-order valence-corrected chi connectivity index (χ4v) is 3.21. The maximum absolute atomic E-state index is 5.80. The van der Waals surface area contributed by atoms with Gasteiger partial charge < -0.3 is 5.73 Å². The molecule has 3 nitrogen and oxygen atoms in total. The number of nitrogens with zero attached hydrogens (tertiary/aromatic N) is 2. The molecule has 2 unspecified atom stereocenters. The molecule has 0 aromatic carbocycles. The first-order chi connectivity index (χ1) is 7.31. The van der Waals surface area contributed by atoms with Gasteiger partial charge in [-0.3, -0.25) is 4.90 Å². The van der Waals surface area contributed by atoms with E-state index in [1.54, 1.807) is 11.3 Å². The topological polar surface area (TPSA) is 42.2 Å². The highest BCUT2D eigenvalue weighted by Gasteiger charge is 2.29. The highest BCUT2D eigenvalue weighted by atomic mass is 32.1. The zero-order chi connectivity index (χ0) is 10.7. The van der Waals surface area contributed by atoms with Crippen molar-refractivity contribution in [2.24, 2.45) is 11.7 Å². The van der Waals surface area contributed by atoms with Crippen molar-refractivity contribution in [2.75, 3.05) is 13.6 Å². The van der Waals surface area contributed by atoms with Gasteiger partial charge in [-0.15, -0.1) is 11.3 Å². The summed E-state index contributed by atoms with van der Waals surface area (Å²) in [4.78, 5) is 6.74. The van der Waals surface area contributed by atoms with E-state index in [-0.39, 0.29) is 0 Å². The molecule has 0 radical (unpaired) electrons. The Hall–Kier alpha value is -0.450. The lowest BCUT2D eigenvalue weighted by molar-refractivity contribution is 0.192. The molecule has 1 fully saturated rings. The van der Waals surface area contributed by atoms with Gasteiger partial charge in [0.05, 0.1) is 6.54 Å². The standard InChI is InChI=1S/C11H19N3S/c1-14(8-11-13-5-6-15-11)10-4-2-3-9(10)7-12/h5-6,9-10H,2-4,7-8,12H2,1H3. The lowest BCUT2D eigenvalue weighted by atomic mass is 10.0. The Balaban J connectivity index is 1.92. The minimum atomic E-state index is 0.666. The summed E-state index contributed by atoms with van der Waals surface area (Å²) in [6.07, 6.45) is 5.80. The average molecular weight is 225 g/mol. The van der Waals surface area contributed by atoms with E-state index in [1.807, 2.05) is 11.6 Å². The van der Waals surface area contributed by atoms with Gasteiger partial charge in [0.2, 0.25) is 0 Å². The monoisotopic (exact) mass is 225 g/mol. The second-order valence-corrected chi connectivity index (χ2v) is 5.31. The van der Waals surface area contributed by atoms with Crippen LogP contribution in [0.3, 0.4) is 0 Å². The van der Waals surface area contributed by atoms with Crippen molar-refractivity contribution in [1.29, 1.82) is 0 Å². The molecule has 0 aliphatic heterocycles. The van der Waals surface area contributed by atoms with Crippen LogP contribution >= 0.6 is 11.3 Å². The molecular formula is C11H19N3S. The molecule has 0 bridgehead atoms. The van der Waals surface area contributed by atoms with E-state index < -0.39 is 0 Å². The molecule has 2 rings (SSSR count). The van der Waals surface area contributed by atoms with Crippen molar-refractivity contribution in [3.05, 3.63) is 16.6 Å². The van der Waals surface area contributed by atoms with E-state index in [0.717, 1.165) is 13.1 Å². The summed E-state index contributed by atoms with van der Waals surface area (Å²) in [5, 5.41) is 3.25. The van der Waals surface area contributed by atoms with Gasteiger partial charge in [-0.2, -0.15) is 0 Å². The van der Waals surface area contributed by atoms with Crippen LogP contribution in [0.15, 0.2) is 11.6 Å². The van der Waals surface area contributed by atoms with Gasteiger partial charge in [-0.05, 0) is 32.4 Å². The molecule has 1 aromatic rings. The summed E-state index contributed by atoms with van der Waals surface area (Å²) < 4.78 is 0. The van der Waals surface area contributed by atoms with Crippen molar-refractivity contribution in [2.45, 2.75) is 31.8 Å². The van der Waals surface area contributed by atoms with Crippen LogP contribution in [0.4, 0.5) is 0 Å². The largest absolute Gasteiger partial charge is 0.330 e. The summed E-state index contributed by atoms with van der Waals surface area (Å²) in [6, 6.07) is 0.666. The number of nitrogens with two attached hydrogens (primary N) is 1. The van der Waals surface area contributed by atoms with Crippen LogP contribution in [0.2, 0.25) is 0 Å². The first-order valence-electron chi connectivity index (χ1n) is 5.60. The Kier molecular flexibility index (Phi) is 3.72. The summed E-state index contributed by atoms with van der Waals surface area (Å²) >= 11 is 1.73. The van der Waals surface area contributed by atoms with Crippen LogP contribution in [0.1, 0.15) is 24.3 Å². The van der Waals surface area contributed by atoms with Crippen LogP contribution in [0.5, 0.6) is 0 Å². The third kappa shape index (κ3) is 2.56. The van der Waals surface area contributed by atoms with Crippen LogP contribution in [-0.2, 0) is 6.54 Å². The Labute approximate surface area is 95.3 Å². The molecule has 0 spiro atoms. The molecule has 0 saturated heterocycles. The van der Waals surface area contributed by atoms with Gasteiger partial charge in [0.25, 0.3) is 0 Å². The molecule has 15 heavy (non-hydrogen) atoms. The first kappa shape index (κ1) is 11.0. The first-order valence-corrected chi connectivity index (χ1v) is 6.48. The zero-order valence-electron chi connectivity index (χ0n) is 9.22. The quantitative estimate of drug-likeness (QED) is 0.848. The maximum Gasteiger partial charge on any atom is 0.107 e. The van der Waals surface area contributed by atoms with Gasteiger partial charge in [-0.1, -0.05) is 6.42 Å². The Bertz CT molecular complexity index is 286. The lowest BCUT2D eigenvalue weighted by Crippen LogP contribution is -2.37. The predicted molar refractivity (Wildman–Crippen MR) is 63.8 cm³/mol. The SMILES string of the molecule is CN(Cc1nccs1)C1CCCC1CN. The summed E-state index contributed by atoms with van der Waals surface area (Å²) in [7, 11) is 2.19. The average Bonchev–Trinajstić information content (AvgIpc) is 2.86. The van der Waals surface area contributed by atoms with Gasteiger partial charge in [-0.25, -0.2) is 4.98 Å². The molecule has 4 heteroatoms. The molecular weight excluding hydrogens is 206 g/mol. The van der Waals surface area contributed by atoms with E-state index in [0.29, 0.717) is 12.0 Å². The van der Waals surface area contributed by atoms with Crippen LogP contribution in [0, 0.1) is 5.92 Å². The van der Waals surface area contributed by atoms with E-state index in [4.69, 9.17) is 5.73 Å². The van der Waals surface area contributed by atoms with Crippen molar-refractivity contribution in [1.82, 2.24) is 9.88 Å². The fourth-order valence-electron chi connectivity index (χ4n) is 2.53. The van der Waals surface area contributed by atoms with Gasteiger partial charge in [0, 0.05) is 17.6 Å². The molecule has 0 amide bonds. The molecule has 1 saturated carbocycles.